The Morgan fingerprint density at radius 2 is 1.42 bits per heavy atom. The summed E-state index contributed by atoms with van der Waals surface area (Å²) in [5.41, 5.74) is 4.04. The summed E-state index contributed by atoms with van der Waals surface area (Å²) in [7, 11) is -1.84. The predicted octanol–water partition coefficient (Wildman–Crippen LogP) is 9.10. The molecule has 0 spiro atoms. The third kappa shape index (κ3) is 4.35. The average molecular weight is 445 g/mol. The molecule has 0 aliphatic rings. The van der Waals surface area contributed by atoms with Crippen molar-refractivity contribution in [3.05, 3.63) is 90.0 Å². The lowest BCUT2D eigenvalue weighted by Crippen LogP contribution is -2.43. The second kappa shape index (κ2) is 8.29. The fourth-order valence-electron chi connectivity index (χ4n) is 3.74. The first-order chi connectivity index (χ1) is 14.7. The molecule has 4 rings (SSSR count). The van der Waals surface area contributed by atoms with Crippen LogP contribution >= 0.6 is 11.3 Å². The van der Waals surface area contributed by atoms with Crippen LogP contribution in [0.4, 0.5) is 0 Å². The van der Waals surface area contributed by atoms with Crippen LogP contribution in [0.5, 0.6) is 5.75 Å². The standard InChI is InChI=1S/C28H32OSSi/c1-20(21-12-8-7-9-13-21)26-24-14-10-11-15-25(24)30-27(26)22-16-18-23(19-17-22)29-31(5,6)28(2,3)4/h7-20H,1-6H3/t20-/m1/s1. The van der Waals surface area contributed by atoms with Gasteiger partial charge in [-0.05, 0) is 70.5 Å². The van der Waals surface area contributed by atoms with Crippen LogP contribution in [-0.4, -0.2) is 8.32 Å². The molecule has 0 saturated heterocycles. The van der Waals surface area contributed by atoms with Gasteiger partial charge in [0.2, 0.25) is 8.32 Å². The second-order valence-corrected chi connectivity index (χ2v) is 15.6. The molecule has 1 aromatic heterocycles. The summed E-state index contributed by atoms with van der Waals surface area (Å²) in [6.07, 6.45) is 0. The van der Waals surface area contributed by atoms with E-state index in [0.717, 1.165) is 5.75 Å². The smallest absolute Gasteiger partial charge is 0.250 e. The highest BCUT2D eigenvalue weighted by Gasteiger charge is 2.38. The fraction of sp³-hybridized carbons (Fsp3) is 0.286. The minimum absolute atomic E-state index is 0.190. The van der Waals surface area contributed by atoms with Gasteiger partial charge in [0.15, 0.2) is 0 Å². The number of benzene rings is 3. The van der Waals surface area contributed by atoms with E-state index in [4.69, 9.17) is 4.43 Å². The SMILES string of the molecule is C[C@H](c1ccccc1)c1c(-c2ccc(O[Si](C)(C)C(C)(C)C)cc2)sc2ccccc12. The van der Waals surface area contributed by atoms with Crippen LogP contribution in [0.3, 0.4) is 0 Å². The van der Waals surface area contributed by atoms with E-state index in [0.29, 0.717) is 5.92 Å². The molecule has 1 heterocycles. The number of hydrogen-bond donors (Lipinski definition) is 0. The monoisotopic (exact) mass is 444 g/mol. The van der Waals surface area contributed by atoms with Gasteiger partial charge in [0.25, 0.3) is 0 Å². The molecule has 3 aromatic carbocycles. The molecule has 160 valence electrons. The summed E-state index contributed by atoms with van der Waals surface area (Å²) in [4.78, 5) is 1.36. The van der Waals surface area contributed by atoms with Crippen molar-refractivity contribution in [2.24, 2.45) is 0 Å². The summed E-state index contributed by atoms with van der Waals surface area (Å²) in [6.45, 7) is 13.8. The number of rotatable bonds is 5. The lowest BCUT2D eigenvalue weighted by Gasteiger charge is -2.36. The van der Waals surface area contributed by atoms with Crippen molar-refractivity contribution in [3.8, 4) is 16.2 Å². The number of thiophene rings is 1. The highest BCUT2D eigenvalue weighted by Crippen LogP contribution is 2.45. The van der Waals surface area contributed by atoms with Crippen LogP contribution in [0.2, 0.25) is 18.1 Å². The van der Waals surface area contributed by atoms with Gasteiger partial charge in [-0.1, -0.05) is 76.2 Å². The van der Waals surface area contributed by atoms with E-state index in [-0.39, 0.29) is 5.04 Å². The maximum atomic E-state index is 6.51. The first-order valence-electron chi connectivity index (χ1n) is 11.0. The molecule has 0 aliphatic heterocycles. The minimum atomic E-state index is -1.84. The van der Waals surface area contributed by atoms with E-state index in [1.807, 2.05) is 11.3 Å². The molecule has 0 bridgehead atoms. The molecule has 3 heteroatoms. The maximum absolute atomic E-state index is 6.51. The zero-order valence-corrected chi connectivity index (χ0v) is 21.2. The summed E-state index contributed by atoms with van der Waals surface area (Å²) in [5, 5.41) is 1.55. The summed E-state index contributed by atoms with van der Waals surface area (Å²) < 4.78 is 7.85. The van der Waals surface area contributed by atoms with Gasteiger partial charge in [0.05, 0.1) is 0 Å². The molecule has 1 atom stereocenters. The first kappa shape index (κ1) is 21.9. The Hall–Kier alpha value is -2.36. The summed E-state index contributed by atoms with van der Waals surface area (Å²) in [6, 6.07) is 28.4. The molecule has 0 unspecified atom stereocenters. The van der Waals surface area contributed by atoms with Gasteiger partial charge < -0.3 is 4.43 Å². The Labute approximate surface area is 191 Å². The molecule has 0 saturated carbocycles. The second-order valence-electron chi connectivity index (χ2n) is 9.86. The topological polar surface area (TPSA) is 9.23 Å². The third-order valence-electron chi connectivity index (χ3n) is 6.66. The normalized spacial score (nSPS) is 13.4. The zero-order chi connectivity index (χ0) is 22.2. The molecule has 0 radical (unpaired) electrons. The molecule has 0 N–H and O–H groups in total. The van der Waals surface area contributed by atoms with Crippen molar-refractivity contribution >= 4 is 29.7 Å². The lowest BCUT2D eigenvalue weighted by molar-refractivity contribution is 0.492. The Kier molecular flexibility index (Phi) is 5.84. The van der Waals surface area contributed by atoms with E-state index in [1.165, 1.54) is 31.7 Å². The van der Waals surface area contributed by atoms with Crippen LogP contribution in [0, 0.1) is 0 Å². The number of hydrogen-bond acceptors (Lipinski definition) is 2. The van der Waals surface area contributed by atoms with E-state index in [1.54, 1.807) is 0 Å². The van der Waals surface area contributed by atoms with Crippen molar-refractivity contribution in [2.75, 3.05) is 0 Å². The lowest BCUT2D eigenvalue weighted by atomic mass is 9.89. The van der Waals surface area contributed by atoms with E-state index in [9.17, 15) is 0 Å². The van der Waals surface area contributed by atoms with Gasteiger partial charge in [-0.25, -0.2) is 0 Å². The molecule has 0 amide bonds. The van der Waals surface area contributed by atoms with Crippen molar-refractivity contribution in [3.63, 3.8) is 0 Å². The van der Waals surface area contributed by atoms with Gasteiger partial charge >= 0.3 is 0 Å². The molecule has 31 heavy (non-hydrogen) atoms. The van der Waals surface area contributed by atoms with Crippen LogP contribution < -0.4 is 4.43 Å². The largest absolute Gasteiger partial charge is 0.544 e. The van der Waals surface area contributed by atoms with E-state index < -0.39 is 8.32 Å². The molecular weight excluding hydrogens is 412 g/mol. The fourth-order valence-corrected chi connectivity index (χ4v) is 6.08. The molecule has 4 aromatic rings. The van der Waals surface area contributed by atoms with Gasteiger partial charge in [0, 0.05) is 15.5 Å². The van der Waals surface area contributed by atoms with Crippen LogP contribution in [0.15, 0.2) is 78.9 Å². The van der Waals surface area contributed by atoms with Gasteiger partial charge in [-0.3, -0.25) is 0 Å². The van der Waals surface area contributed by atoms with E-state index in [2.05, 4.69) is 120 Å². The van der Waals surface area contributed by atoms with Gasteiger partial charge in [-0.2, -0.15) is 0 Å². The maximum Gasteiger partial charge on any atom is 0.250 e. The van der Waals surface area contributed by atoms with Crippen molar-refractivity contribution in [1.29, 1.82) is 0 Å². The highest BCUT2D eigenvalue weighted by atomic mass is 32.1. The van der Waals surface area contributed by atoms with Crippen LogP contribution in [0.25, 0.3) is 20.5 Å². The highest BCUT2D eigenvalue weighted by molar-refractivity contribution is 7.22. The molecule has 0 fully saturated rings. The zero-order valence-electron chi connectivity index (χ0n) is 19.4. The minimum Gasteiger partial charge on any atom is -0.544 e. The Morgan fingerprint density at radius 3 is 2.06 bits per heavy atom. The quantitative estimate of drug-likeness (QED) is 0.279. The number of fused-ring (bicyclic) bond motifs is 1. The average Bonchev–Trinajstić information content (AvgIpc) is 3.13. The molecule has 0 aliphatic carbocycles. The predicted molar refractivity (Wildman–Crippen MR) is 139 cm³/mol. The first-order valence-corrected chi connectivity index (χ1v) is 14.8. The van der Waals surface area contributed by atoms with Crippen molar-refractivity contribution in [2.45, 2.75) is 51.7 Å². The summed E-state index contributed by atoms with van der Waals surface area (Å²) >= 11 is 1.89. The van der Waals surface area contributed by atoms with E-state index >= 15 is 0 Å². The summed E-state index contributed by atoms with van der Waals surface area (Å²) in [5.74, 6) is 1.31. The van der Waals surface area contributed by atoms with Crippen molar-refractivity contribution in [1.82, 2.24) is 0 Å². The van der Waals surface area contributed by atoms with Crippen LogP contribution in [0.1, 0.15) is 44.7 Å². The molecular formula is C28H32OSSi. The van der Waals surface area contributed by atoms with Crippen molar-refractivity contribution < 1.29 is 4.43 Å². The third-order valence-corrected chi connectivity index (χ3v) is 12.3. The Bertz CT molecular complexity index is 1170. The van der Waals surface area contributed by atoms with Gasteiger partial charge in [0.1, 0.15) is 5.75 Å². The Morgan fingerprint density at radius 1 is 0.806 bits per heavy atom. The van der Waals surface area contributed by atoms with Gasteiger partial charge in [-0.15, -0.1) is 11.3 Å². The Balaban J connectivity index is 1.75. The molecule has 1 nitrogen and oxygen atoms in total. The van der Waals surface area contributed by atoms with Crippen LogP contribution in [-0.2, 0) is 0 Å².